The summed E-state index contributed by atoms with van der Waals surface area (Å²) in [6, 6.07) is 10.9. The number of hydrogen-bond donors (Lipinski definition) is 2. The molecule has 2 heterocycles. The van der Waals surface area contributed by atoms with E-state index < -0.39 is 0 Å². The molecule has 1 saturated heterocycles. The zero-order valence-electron chi connectivity index (χ0n) is 16.3. The summed E-state index contributed by atoms with van der Waals surface area (Å²) in [4.78, 5) is 31.2. The second-order valence-electron chi connectivity index (χ2n) is 7.64. The van der Waals surface area contributed by atoms with Gasteiger partial charge in [-0.05, 0) is 55.5 Å². The first-order chi connectivity index (χ1) is 14.2. The Labute approximate surface area is 170 Å². The Morgan fingerprint density at radius 1 is 1.17 bits per heavy atom. The highest BCUT2D eigenvalue weighted by atomic mass is 16.5. The van der Waals surface area contributed by atoms with Crippen LogP contribution in [-0.2, 0) is 11.3 Å². The summed E-state index contributed by atoms with van der Waals surface area (Å²) >= 11 is 0. The normalized spacial score (nSPS) is 18.3. The van der Waals surface area contributed by atoms with Gasteiger partial charge in [-0.25, -0.2) is 4.79 Å². The lowest BCUT2D eigenvalue weighted by atomic mass is 10.2. The van der Waals surface area contributed by atoms with Crippen LogP contribution >= 0.6 is 0 Å². The van der Waals surface area contributed by atoms with Crippen LogP contribution in [-0.4, -0.2) is 47.1 Å². The number of benzene rings is 1. The summed E-state index contributed by atoms with van der Waals surface area (Å²) in [6.45, 7) is 1.70. The largest absolute Gasteiger partial charge is 0.376 e. The van der Waals surface area contributed by atoms with Crippen LogP contribution in [0.15, 0.2) is 48.8 Å². The number of anilines is 1. The topological polar surface area (TPSA) is 83.6 Å². The van der Waals surface area contributed by atoms with Crippen LogP contribution in [0.3, 0.4) is 0 Å². The molecule has 2 fully saturated rings. The maximum atomic E-state index is 13.0. The van der Waals surface area contributed by atoms with Gasteiger partial charge in [0, 0.05) is 49.4 Å². The molecule has 1 atom stereocenters. The quantitative estimate of drug-likeness (QED) is 0.755. The van der Waals surface area contributed by atoms with Gasteiger partial charge in [-0.1, -0.05) is 12.1 Å². The van der Waals surface area contributed by atoms with Gasteiger partial charge < -0.3 is 20.3 Å². The number of ether oxygens (including phenoxy) is 1. The molecular weight excluding hydrogens is 368 g/mol. The van der Waals surface area contributed by atoms with Crippen LogP contribution in [0.5, 0.6) is 0 Å². The van der Waals surface area contributed by atoms with E-state index in [0.717, 1.165) is 37.9 Å². The number of amides is 3. The van der Waals surface area contributed by atoms with Gasteiger partial charge in [-0.2, -0.15) is 0 Å². The molecule has 1 aliphatic carbocycles. The fourth-order valence-electron chi connectivity index (χ4n) is 3.40. The standard InChI is InChI=1S/C22H26N4O3/c27-21(24-18-8-9-18)17-5-1-6-19(12-17)25-22(28)26(15-20-7-3-11-29-20)14-16-4-2-10-23-13-16/h1-2,4-6,10,12-13,18,20H,3,7-9,11,14-15H2,(H,24,27)(H,25,28). The average Bonchev–Trinajstić information content (AvgIpc) is 3.40. The number of hydrogen-bond acceptors (Lipinski definition) is 4. The fraction of sp³-hybridized carbons (Fsp3) is 0.409. The molecule has 0 spiro atoms. The van der Waals surface area contributed by atoms with Crippen molar-refractivity contribution in [3.8, 4) is 0 Å². The molecule has 1 aliphatic heterocycles. The monoisotopic (exact) mass is 394 g/mol. The molecule has 4 rings (SSSR count). The molecule has 1 saturated carbocycles. The van der Waals surface area contributed by atoms with Crippen molar-refractivity contribution in [2.75, 3.05) is 18.5 Å². The Hall–Kier alpha value is -2.93. The second-order valence-corrected chi connectivity index (χ2v) is 7.64. The first-order valence-electron chi connectivity index (χ1n) is 10.1. The fourth-order valence-corrected chi connectivity index (χ4v) is 3.40. The van der Waals surface area contributed by atoms with E-state index in [-0.39, 0.29) is 18.0 Å². The van der Waals surface area contributed by atoms with Crippen LogP contribution in [0, 0.1) is 0 Å². The van der Waals surface area contributed by atoms with Crippen LogP contribution in [0.2, 0.25) is 0 Å². The zero-order chi connectivity index (χ0) is 20.1. The Morgan fingerprint density at radius 3 is 2.79 bits per heavy atom. The highest BCUT2D eigenvalue weighted by Gasteiger charge is 2.25. The van der Waals surface area contributed by atoms with E-state index in [4.69, 9.17) is 4.74 Å². The summed E-state index contributed by atoms with van der Waals surface area (Å²) in [5, 5.41) is 5.90. The van der Waals surface area contributed by atoms with Gasteiger partial charge in [0.25, 0.3) is 5.91 Å². The number of aromatic nitrogens is 1. The van der Waals surface area contributed by atoms with Crippen LogP contribution < -0.4 is 10.6 Å². The first-order valence-corrected chi connectivity index (χ1v) is 10.1. The molecule has 1 unspecified atom stereocenters. The van der Waals surface area contributed by atoms with E-state index >= 15 is 0 Å². The number of rotatable bonds is 7. The lowest BCUT2D eigenvalue weighted by molar-refractivity contribution is 0.0819. The number of carbonyl (C=O) groups excluding carboxylic acids is 2. The van der Waals surface area contributed by atoms with Gasteiger partial charge in [0.2, 0.25) is 0 Å². The van der Waals surface area contributed by atoms with E-state index in [9.17, 15) is 9.59 Å². The van der Waals surface area contributed by atoms with E-state index in [0.29, 0.717) is 30.4 Å². The van der Waals surface area contributed by atoms with Crippen molar-refractivity contribution in [3.05, 3.63) is 59.9 Å². The highest BCUT2D eigenvalue weighted by Crippen LogP contribution is 2.20. The second kappa shape index (κ2) is 9.05. The Morgan fingerprint density at radius 2 is 2.07 bits per heavy atom. The SMILES string of the molecule is O=C(NC1CC1)c1cccc(NC(=O)N(Cc2cccnc2)CC2CCCO2)c1. The van der Waals surface area contributed by atoms with Crippen LogP contribution in [0.4, 0.5) is 10.5 Å². The van der Waals surface area contributed by atoms with Gasteiger partial charge in [0.05, 0.1) is 6.10 Å². The maximum Gasteiger partial charge on any atom is 0.322 e. The molecule has 0 bridgehead atoms. The summed E-state index contributed by atoms with van der Waals surface area (Å²) in [5.74, 6) is -0.102. The van der Waals surface area contributed by atoms with E-state index in [1.807, 2.05) is 12.1 Å². The van der Waals surface area contributed by atoms with Crippen LogP contribution in [0.1, 0.15) is 41.6 Å². The first kappa shape index (κ1) is 19.4. The predicted molar refractivity (Wildman–Crippen MR) is 110 cm³/mol. The number of nitrogens with zero attached hydrogens (tertiary/aromatic N) is 2. The van der Waals surface area contributed by atoms with Gasteiger partial charge in [0.1, 0.15) is 0 Å². The minimum Gasteiger partial charge on any atom is -0.376 e. The molecule has 0 radical (unpaired) electrons. The molecule has 7 heteroatoms. The molecule has 2 aromatic rings. The summed E-state index contributed by atoms with van der Waals surface area (Å²) in [7, 11) is 0. The molecule has 1 aromatic heterocycles. The Bertz CT molecular complexity index is 848. The van der Waals surface area contributed by atoms with Crippen molar-refractivity contribution in [1.82, 2.24) is 15.2 Å². The van der Waals surface area contributed by atoms with Crippen molar-refractivity contribution in [2.45, 2.75) is 44.4 Å². The molecule has 29 heavy (non-hydrogen) atoms. The lowest BCUT2D eigenvalue weighted by Crippen LogP contribution is -2.39. The van der Waals surface area contributed by atoms with Crippen LogP contribution in [0.25, 0.3) is 0 Å². The Kier molecular flexibility index (Phi) is 6.05. The lowest BCUT2D eigenvalue weighted by Gasteiger charge is -2.26. The molecule has 3 amide bonds. The minimum atomic E-state index is -0.218. The highest BCUT2D eigenvalue weighted by molar-refractivity contribution is 5.97. The van der Waals surface area contributed by atoms with Crippen molar-refractivity contribution in [3.63, 3.8) is 0 Å². The molecule has 7 nitrogen and oxygen atoms in total. The maximum absolute atomic E-state index is 13.0. The molecule has 2 aliphatic rings. The van der Waals surface area contributed by atoms with Gasteiger partial charge >= 0.3 is 6.03 Å². The third-order valence-corrected chi connectivity index (χ3v) is 5.12. The summed E-state index contributed by atoms with van der Waals surface area (Å²) in [5.41, 5.74) is 2.10. The summed E-state index contributed by atoms with van der Waals surface area (Å²) in [6.07, 6.45) is 7.57. The number of urea groups is 1. The van der Waals surface area contributed by atoms with E-state index in [1.165, 1.54) is 0 Å². The zero-order valence-corrected chi connectivity index (χ0v) is 16.3. The van der Waals surface area contributed by atoms with Crippen molar-refractivity contribution in [1.29, 1.82) is 0 Å². The number of carbonyl (C=O) groups is 2. The number of nitrogens with one attached hydrogen (secondary N) is 2. The summed E-state index contributed by atoms with van der Waals surface area (Å²) < 4.78 is 5.72. The van der Waals surface area contributed by atoms with Crippen molar-refractivity contribution < 1.29 is 14.3 Å². The van der Waals surface area contributed by atoms with Gasteiger partial charge in [-0.3, -0.25) is 9.78 Å². The molecule has 152 valence electrons. The average molecular weight is 394 g/mol. The third-order valence-electron chi connectivity index (χ3n) is 5.12. The molecular formula is C22H26N4O3. The van der Waals surface area contributed by atoms with Crippen molar-refractivity contribution in [2.24, 2.45) is 0 Å². The van der Waals surface area contributed by atoms with Crippen molar-refractivity contribution >= 4 is 17.6 Å². The van der Waals surface area contributed by atoms with Gasteiger partial charge in [-0.15, -0.1) is 0 Å². The van der Waals surface area contributed by atoms with Gasteiger partial charge in [0.15, 0.2) is 0 Å². The van der Waals surface area contributed by atoms with E-state index in [2.05, 4.69) is 15.6 Å². The third kappa shape index (κ3) is 5.54. The molecule has 1 aromatic carbocycles. The predicted octanol–water partition coefficient (Wildman–Crippen LogP) is 3.19. The molecule has 2 N–H and O–H groups in total. The number of pyridine rings is 1. The smallest absolute Gasteiger partial charge is 0.322 e. The minimum absolute atomic E-state index is 0.0491. The Balaban J connectivity index is 1.44. The van der Waals surface area contributed by atoms with E-state index in [1.54, 1.807) is 41.6 Å².